The summed E-state index contributed by atoms with van der Waals surface area (Å²) in [7, 11) is 0. The van der Waals surface area contributed by atoms with Gasteiger partial charge >= 0.3 is 0 Å². The highest BCUT2D eigenvalue weighted by molar-refractivity contribution is 6.30. The Labute approximate surface area is 66.6 Å². The Morgan fingerprint density at radius 1 is 1.27 bits per heavy atom. The fourth-order valence-corrected chi connectivity index (χ4v) is 0.289. The largest absolute Gasteiger partial charge is 0.542 e. The summed E-state index contributed by atoms with van der Waals surface area (Å²) in [4.78, 5) is 18.7. The molecule has 0 bridgehead atoms. The maximum atomic E-state index is 9.48. The van der Waals surface area contributed by atoms with E-state index in [1.54, 1.807) is 0 Å². The highest BCUT2D eigenvalue weighted by Crippen LogP contribution is 1.56. The fourth-order valence-electron chi connectivity index (χ4n) is 0.289. The summed E-state index contributed by atoms with van der Waals surface area (Å²) < 4.78 is 0. The van der Waals surface area contributed by atoms with Crippen LogP contribution in [0, 0.1) is 0 Å². The average Bonchev–Trinajstić information content (AvgIpc) is 1.90. The van der Waals surface area contributed by atoms with Gasteiger partial charge in [0.1, 0.15) is 5.97 Å². The van der Waals surface area contributed by atoms with Crippen LogP contribution in [0.1, 0.15) is 20.8 Å². The van der Waals surface area contributed by atoms with Crippen LogP contribution >= 0.6 is 0 Å². The number of Topliss-reactive ketones (excluding diaryl/α,β-unsaturated/α-hetero) is 1. The van der Waals surface area contributed by atoms with Gasteiger partial charge in [0.15, 0.2) is 5.78 Å². The maximum Gasteiger partial charge on any atom is 0.175 e. The van der Waals surface area contributed by atoms with Gasteiger partial charge in [-0.2, -0.15) is 0 Å². The zero-order chi connectivity index (χ0) is 9.28. The first-order valence-electron chi connectivity index (χ1n) is 3.59. The number of carbonyl (C=O) groups excluding carboxylic acids is 2. The minimum atomic E-state index is -1.63. The van der Waals surface area contributed by atoms with Crippen LogP contribution in [-0.2, 0) is 9.59 Å². The lowest BCUT2D eigenvalue weighted by atomic mass is 10.5. The second-order valence-corrected chi connectivity index (χ2v) is 1.95. The minimum absolute atomic E-state index is 0.935. The number of ketones is 1. The molecule has 4 nitrogen and oxygen atoms in total. The number of aliphatic carboxylic acids is 1. The lowest BCUT2D eigenvalue weighted by Gasteiger charge is -1.87. The first-order valence-corrected chi connectivity index (χ1v) is 3.59. The van der Waals surface area contributed by atoms with E-state index in [1.807, 2.05) is 0 Å². The van der Waals surface area contributed by atoms with E-state index >= 15 is 0 Å². The molecule has 0 atom stereocenters. The summed E-state index contributed by atoms with van der Waals surface area (Å²) in [5.74, 6) is -2.56. The van der Waals surface area contributed by atoms with E-state index in [2.05, 4.69) is 19.2 Å². The highest BCUT2D eigenvalue weighted by atomic mass is 16.4. The Kier molecular flexibility index (Phi) is 10.5. The normalized spacial score (nSPS) is 7.91. The van der Waals surface area contributed by atoms with Gasteiger partial charge in [-0.15, -0.1) is 0 Å². The van der Waals surface area contributed by atoms with E-state index in [-0.39, 0.29) is 0 Å². The smallest absolute Gasteiger partial charge is 0.175 e. The van der Waals surface area contributed by atoms with Crippen molar-refractivity contribution in [1.29, 1.82) is 0 Å². The third-order valence-corrected chi connectivity index (χ3v) is 0.865. The van der Waals surface area contributed by atoms with Gasteiger partial charge in [0.25, 0.3) is 0 Å². The van der Waals surface area contributed by atoms with E-state index in [4.69, 9.17) is 0 Å². The van der Waals surface area contributed by atoms with E-state index < -0.39 is 11.8 Å². The first-order chi connectivity index (χ1) is 5.06. The summed E-state index contributed by atoms with van der Waals surface area (Å²) in [6.07, 6.45) is 0. The highest BCUT2D eigenvalue weighted by Gasteiger charge is 1.85. The first kappa shape index (κ1) is 12.7. The van der Waals surface area contributed by atoms with Crippen molar-refractivity contribution < 1.29 is 20.0 Å². The molecule has 0 aliphatic rings. The van der Waals surface area contributed by atoms with Crippen LogP contribution in [-0.4, -0.2) is 24.8 Å². The van der Waals surface area contributed by atoms with Crippen LogP contribution in [0.25, 0.3) is 0 Å². The van der Waals surface area contributed by atoms with Gasteiger partial charge in [-0.25, -0.2) is 0 Å². The van der Waals surface area contributed by atoms with Crippen molar-refractivity contribution in [2.45, 2.75) is 20.8 Å². The fraction of sp³-hybridized carbons (Fsp3) is 0.714. The number of rotatable bonds is 3. The zero-order valence-electron chi connectivity index (χ0n) is 7.22. The standard InChI is InChI=1S/C4H11N.C3H4O3/c1-3-5-4-2;1-2(4)3(5)6/h5H,3-4H2,1-2H3;1H3,(H,5,6). The Morgan fingerprint density at radius 3 is 1.55 bits per heavy atom. The Hall–Kier alpha value is -0.900. The van der Waals surface area contributed by atoms with Crippen LogP contribution in [0.5, 0.6) is 0 Å². The van der Waals surface area contributed by atoms with Gasteiger partial charge < -0.3 is 15.2 Å². The number of carboxylic acids is 1. The third kappa shape index (κ3) is 17.6. The summed E-state index contributed by atoms with van der Waals surface area (Å²) >= 11 is 0. The van der Waals surface area contributed by atoms with Crippen molar-refractivity contribution in [3.8, 4) is 0 Å². The van der Waals surface area contributed by atoms with Gasteiger partial charge in [0.05, 0.1) is 13.1 Å². The molecule has 0 unspecified atom stereocenters. The van der Waals surface area contributed by atoms with E-state index in [9.17, 15) is 14.7 Å². The van der Waals surface area contributed by atoms with Gasteiger partial charge in [0.2, 0.25) is 0 Å². The molecule has 0 radical (unpaired) electrons. The summed E-state index contributed by atoms with van der Waals surface area (Å²) in [6, 6.07) is 0. The van der Waals surface area contributed by atoms with Crippen molar-refractivity contribution in [3.63, 3.8) is 0 Å². The molecule has 0 saturated carbocycles. The van der Waals surface area contributed by atoms with Crippen LogP contribution in [0.4, 0.5) is 0 Å². The minimum Gasteiger partial charge on any atom is -0.542 e. The molecule has 0 aliphatic heterocycles. The van der Waals surface area contributed by atoms with E-state index in [0.29, 0.717) is 0 Å². The predicted molar refractivity (Wildman–Crippen MR) is 38.7 cm³/mol. The molecule has 0 heterocycles. The molecule has 2 N–H and O–H groups in total. The molecule has 66 valence electrons. The average molecular weight is 161 g/mol. The predicted octanol–water partition coefficient (Wildman–Crippen LogP) is -2.09. The molecule has 4 heteroatoms. The van der Waals surface area contributed by atoms with Crippen LogP contribution in [0.15, 0.2) is 0 Å². The molecular formula is C7H15NO3. The van der Waals surface area contributed by atoms with Crippen molar-refractivity contribution in [2.24, 2.45) is 0 Å². The second-order valence-electron chi connectivity index (χ2n) is 1.95. The monoisotopic (exact) mass is 161 g/mol. The molecule has 0 aromatic carbocycles. The third-order valence-electron chi connectivity index (χ3n) is 0.865. The molecule has 0 amide bonds. The number of nitrogens with two attached hydrogens (primary N) is 1. The molecule has 0 rings (SSSR count). The van der Waals surface area contributed by atoms with Gasteiger partial charge in [0, 0.05) is 6.92 Å². The molecule has 0 spiro atoms. The number of quaternary nitrogens is 1. The Bertz CT molecular complexity index is 109. The van der Waals surface area contributed by atoms with Crippen LogP contribution < -0.4 is 10.4 Å². The van der Waals surface area contributed by atoms with Crippen LogP contribution in [0.2, 0.25) is 0 Å². The number of hydrogen-bond donors (Lipinski definition) is 1. The summed E-state index contributed by atoms with van der Waals surface area (Å²) in [6.45, 7) is 7.69. The molecule has 0 fully saturated rings. The topological polar surface area (TPSA) is 73.8 Å². The second kappa shape index (κ2) is 9.10. The van der Waals surface area contributed by atoms with Crippen molar-refractivity contribution in [2.75, 3.05) is 13.1 Å². The number of carbonyl (C=O) groups is 2. The number of carboxylic acid groups (broad SMARTS) is 1. The summed E-state index contributed by atoms with van der Waals surface area (Å²) in [5, 5.41) is 11.5. The van der Waals surface area contributed by atoms with Gasteiger partial charge in [-0.3, -0.25) is 4.79 Å². The molecular weight excluding hydrogens is 146 g/mol. The van der Waals surface area contributed by atoms with Gasteiger partial charge in [-0.05, 0) is 13.8 Å². The molecule has 0 aromatic heterocycles. The zero-order valence-corrected chi connectivity index (χ0v) is 7.22. The Balaban J connectivity index is 0. The lowest BCUT2D eigenvalue weighted by Crippen LogP contribution is -2.82. The number of hydrogen-bond acceptors (Lipinski definition) is 3. The SMILES string of the molecule is CC(=O)C(=O)[O-].CC[NH2+]CC. The summed E-state index contributed by atoms with van der Waals surface area (Å²) in [5.41, 5.74) is 0. The molecule has 0 aromatic rings. The van der Waals surface area contributed by atoms with E-state index in [0.717, 1.165) is 6.92 Å². The molecule has 0 aliphatic carbocycles. The maximum absolute atomic E-state index is 9.48. The van der Waals surface area contributed by atoms with Gasteiger partial charge in [-0.1, -0.05) is 0 Å². The van der Waals surface area contributed by atoms with Crippen LogP contribution in [0.3, 0.4) is 0 Å². The van der Waals surface area contributed by atoms with Crippen molar-refractivity contribution in [3.05, 3.63) is 0 Å². The lowest BCUT2D eigenvalue weighted by molar-refractivity contribution is -0.648. The quantitative estimate of drug-likeness (QED) is 0.482. The van der Waals surface area contributed by atoms with Crippen molar-refractivity contribution >= 4 is 11.8 Å². The van der Waals surface area contributed by atoms with E-state index in [1.165, 1.54) is 13.1 Å². The molecule has 11 heavy (non-hydrogen) atoms. The molecule has 0 saturated heterocycles. The Morgan fingerprint density at radius 2 is 1.55 bits per heavy atom. The van der Waals surface area contributed by atoms with Crippen molar-refractivity contribution in [1.82, 2.24) is 0 Å².